The molecule has 2 aromatic carbocycles. The van der Waals surface area contributed by atoms with Crippen molar-refractivity contribution in [2.45, 2.75) is 18.9 Å². The lowest BCUT2D eigenvalue weighted by Crippen LogP contribution is -2.47. The quantitative estimate of drug-likeness (QED) is 0.662. The fourth-order valence-electron chi connectivity index (χ4n) is 4.75. The Morgan fingerprint density at radius 2 is 1.75 bits per heavy atom. The number of ether oxygens (including phenoxy) is 2. The number of piperazine rings is 1. The molecule has 0 unspecified atom stereocenters. The number of thioether (sulfide) groups is 1. The molecule has 7 heteroatoms. The Labute approximate surface area is 192 Å². The monoisotopic (exact) mass is 449 g/mol. The molecular formula is C25H27N3O3S. The molecule has 1 amide bonds. The molecule has 3 heterocycles. The molecule has 6 nitrogen and oxygen atoms in total. The molecule has 3 aliphatic heterocycles. The van der Waals surface area contributed by atoms with Gasteiger partial charge in [0.05, 0.1) is 4.91 Å². The summed E-state index contributed by atoms with van der Waals surface area (Å²) >= 11 is 1.65. The van der Waals surface area contributed by atoms with Gasteiger partial charge in [-0.3, -0.25) is 9.69 Å². The number of amides is 1. The summed E-state index contributed by atoms with van der Waals surface area (Å²) in [7, 11) is 0. The van der Waals surface area contributed by atoms with E-state index >= 15 is 0 Å². The van der Waals surface area contributed by atoms with Gasteiger partial charge in [0.1, 0.15) is 0 Å². The summed E-state index contributed by atoms with van der Waals surface area (Å²) in [6.07, 6.45) is 4.80. The van der Waals surface area contributed by atoms with E-state index < -0.39 is 0 Å². The van der Waals surface area contributed by atoms with E-state index in [-0.39, 0.29) is 12.7 Å². The summed E-state index contributed by atoms with van der Waals surface area (Å²) in [4.78, 5) is 21.1. The van der Waals surface area contributed by atoms with E-state index in [0.29, 0.717) is 12.3 Å². The number of anilines is 2. The smallest absolute Gasteiger partial charge is 0.264 e. The van der Waals surface area contributed by atoms with Crippen LogP contribution in [0.25, 0.3) is 6.08 Å². The number of para-hydroxylation sites is 1. The Hall–Kier alpha value is -2.64. The standard InChI is InChI=1S/C25H27N3O3S/c29-25-24(32-14-13-28(25)20-7-8-22-23(16-20)31-17-30-22)15-18-3-1-2-4-21(18)27-11-9-26(10-12-27)19-5-6-19/h1-4,7-8,15-16,19H,5-6,9-14,17H2/b24-15+. The van der Waals surface area contributed by atoms with Crippen molar-refractivity contribution in [2.24, 2.45) is 0 Å². The fraction of sp³-hybridized carbons (Fsp3) is 0.400. The zero-order valence-corrected chi connectivity index (χ0v) is 18.9. The van der Waals surface area contributed by atoms with E-state index in [0.717, 1.165) is 59.9 Å². The van der Waals surface area contributed by atoms with Crippen LogP contribution in [-0.2, 0) is 4.79 Å². The molecule has 0 spiro atoms. The van der Waals surface area contributed by atoms with Gasteiger partial charge >= 0.3 is 0 Å². The van der Waals surface area contributed by atoms with Crippen LogP contribution in [0.2, 0.25) is 0 Å². The van der Waals surface area contributed by atoms with E-state index in [1.807, 2.05) is 23.1 Å². The highest BCUT2D eigenvalue weighted by Crippen LogP contribution is 2.38. The minimum atomic E-state index is 0.0495. The summed E-state index contributed by atoms with van der Waals surface area (Å²) < 4.78 is 10.9. The maximum atomic E-state index is 13.4. The van der Waals surface area contributed by atoms with Crippen LogP contribution in [0.5, 0.6) is 11.5 Å². The van der Waals surface area contributed by atoms with Crippen molar-refractivity contribution in [1.82, 2.24) is 4.90 Å². The van der Waals surface area contributed by atoms with Crippen LogP contribution in [0.15, 0.2) is 47.4 Å². The summed E-state index contributed by atoms with van der Waals surface area (Å²) in [5.74, 6) is 2.36. The second-order valence-electron chi connectivity index (χ2n) is 8.66. The molecule has 166 valence electrons. The van der Waals surface area contributed by atoms with Crippen molar-refractivity contribution in [3.8, 4) is 11.5 Å². The van der Waals surface area contributed by atoms with Gasteiger partial charge in [0.2, 0.25) is 6.79 Å². The molecular weight excluding hydrogens is 422 g/mol. The summed E-state index contributed by atoms with van der Waals surface area (Å²) in [5.41, 5.74) is 3.20. The Kier molecular flexibility index (Phi) is 5.23. The summed E-state index contributed by atoms with van der Waals surface area (Å²) in [5, 5.41) is 0. The highest BCUT2D eigenvalue weighted by molar-refractivity contribution is 8.04. The van der Waals surface area contributed by atoms with Gasteiger partial charge in [-0.25, -0.2) is 0 Å². The minimum absolute atomic E-state index is 0.0495. The number of carbonyl (C=O) groups excluding carboxylic acids is 1. The average Bonchev–Trinajstić information content (AvgIpc) is 3.58. The molecule has 1 aliphatic carbocycles. The molecule has 0 aromatic heterocycles. The first-order valence-corrected chi connectivity index (χ1v) is 12.4. The first kappa shape index (κ1) is 20.0. The van der Waals surface area contributed by atoms with Crippen LogP contribution >= 0.6 is 11.8 Å². The highest BCUT2D eigenvalue weighted by Gasteiger charge is 2.32. The second kappa shape index (κ2) is 8.37. The number of benzene rings is 2. The first-order valence-electron chi connectivity index (χ1n) is 11.4. The van der Waals surface area contributed by atoms with E-state index in [2.05, 4.69) is 40.1 Å². The first-order chi connectivity index (χ1) is 15.8. The van der Waals surface area contributed by atoms with Gasteiger partial charge in [0, 0.05) is 62.0 Å². The SMILES string of the molecule is O=C1/C(=C\c2ccccc2N2CCN(C3CC3)CC2)SCCN1c1ccc2c(c1)OCO2. The maximum Gasteiger partial charge on any atom is 0.264 e. The summed E-state index contributed by atoms with van der Waals surface area (Å²) in [6.45, 7) is 5.26. The number of fused-ring (bicyclic) bond motifs is 1. The molecule has 1 saturated carbocycles. The van der Waals surface area contributed by atoms with Gasteiger partial charge in [-0.1, -0.05) is 18.2 Å². The molecule has 0 radical (unpaired) electrons. The van der Waals surface area contributed by atoms with E-state index in [1.165, 1.54) is 18.5 Å². The molecule has 32 heavy (non-hydrogen) atoms. The van der Waals surface area contributed by atoms with E-state index in [9.17, 15) is 4.79 Å². The zero-order valence-electron chi connectivity index (χ0n) is 18.0. The number of nitrogens with zero attached hydrogens (tertiary/aromatic N) is 3. The van der Waals surface area contributed by atoms with Crippen molar-refractivity contribution in [3.63, 3.8) is 0 Å². The van der Waals surface area contributed by atoms with E-state index in [1.54, 1.807) is 11.8 Å². The van der Waals surface area contributed by atoms with Crippen molar-refractivity contribution < 1.29 is 14.3 Å². The molecule has 3 fully saturated rings. The van der Waals surface area contributed by atoms with Gasteiger partial charge in [-0.05, 0) is 42.7 Å². The van der Waals surface area contributed by atoms with Gasteiger partial charge in [-0.15, -0.1) is 11.8 Å². The van der Waals surface area contributed by atoms with Gasteiger partial charge < -0.3 is 19.3 Å². The van der Waals surface area contributed by atoms with Crippen LogP contribution in [0.3, 0.4) is 0 Å². The molecule has 0 N–H and O–H groups in total. The van der Waals surface area contributed by atoms with Crippen LogP contribution in [0.1, 0.15) is 18.4 Å². The normalized spacial score (nSPS) is 22.6. The lowest BCUT2D eigenvalue weighted by atomic mass is 10.1. The van der Waals surface area contributed by atoms with Crippen molar-refractivity contribution in [1.29, 1.82) is 0 Å². The third kappa shape index (κ3) is 3.84. The third-order valence-electron chi connectivity index (χ3n) is 6.64. The van der Waals surface area contributed by atoms with Crippen molar-refractivity contribution >= 4 is 35.1 Å². The lowest BCUT2D eigenvalue weighted by molar-refractivity contribution is -0.114. The zero-order chi connectivity index (χ0) is 21.5. The predicted octanol–water partition coefficient (Wildman–Crippen LogP) is 3.82. The fourth-order valence-corrected chi connectivity index (χ4v) is 5.69. The molecule has 2 saturated heterocycles. The topological polar surface area (TPSA) is 45.3 Å². The maximum absolute atomic E-state index is 13.4. The number of carbonyl (C=O) groups is 1. The Morgan fingerprint density at radius 1 is 0.938 bits per heavy atom. The van der Waals surface area contributed by atoms with Crippen molar-refractivity contribution in [3.05, 3.63) is 52.9 Å². The Bertz CT molecular complexity index is 1060. The molecule has 6 rings (SSSR count). The van der Waals surface area contributed by atoms with Gasteiger partial charge in [0.15, 0.2) is 11.5 Å². The third-order valence-corrected chi connectivity index (χ3v) is 7.63. The number of hydrogen-bond acceptors (Lipinski definition) is 6. The largest absolute Gasteiger partial charge is 0.454 e. The van der Waals surface area contributed by atoms with Crippen LogP contribution in [0.4, 0.5) is 11.4 Å². The number of hydrogen-bond donors (Lipinski definition) is 0. The summed E-state index contributed by atoms with van der Waals surface area (Å²) in [6, 6.07) is 15.0. The van der Waals surface area contributed by atoms with Crippen molar-refractivity contribution in [2.75, 3.05) is 55.1 Å². The minimum Gasteiger partial charge on any atom is -0.454 e. The average molecular weight is 450 g/mol. The molecule has 2 aromatic rings. The Morgan fingerprint density at radius 3 is 2.59 bits per heavy atom. The number of rotatable bonds is 4. The van der Waals surface area contributed by atoms with Crippen LogP contribution < -0.4 is 19.3 Å². The predicted molar refractivity (Wildman–Crippen MR) is 129 cm³/mol. The Balaban J connectivity index is 1.23. The van der Waals surface area contributed by atoms with Gasteiger partial charge in [0.25, 0.3) is 5.91 Å². The molecule has 0 atom stereocenters. The van der Waals surface area contributed by atoms with Gasteiger partial charge in [-0.2, -0.15) is 0 Å². The molecule has 0 bridgehead atoms. The molecule has 4 aliphatic rings. The van der Waals surface area contributed by atoms with E-state index in [4.69, 9.17) is 9.47 Å². The lowest BCUT2D eigenvalue weighted by Gasteiger charge is -2.37. The second-order valence-corrected chi connectivity index (χ2v) is 9.80. The van der Waals surface area contributed by atoms with Crippen LogP contribution in [0, 0.1) is 0 Å². The van der Waals surface area contributed by atoms with Crippen LogP contribution in [-0.4, -0.2) is 62.1 Å². The highest BCUT2D eigenvalue weighted by atomic mass is 32.2.